The fraction of sp³-hybridized carbons (Fsp3) is 0.300. The highest BCUT2D eigenvalue weighted by Gasteiger charge is 2.25. The predicted molar refractivity (Wildman–Crippen MR) is 94.6 cm³/mol. The Morgan fingerprint density at radius 3 is 2.42 bits per heavy atom. The highest BCUT2D eigenvalue weighted by molar-refractivity contribution is 5.94. The minimum atomic E-state index is -0.377. The van der Waals surface area contributed by atoms with Crippen molar-refractivity contribution >= 4 is 11.9 Å². The van der Waals surface area contributed by atoms with Crippen LogP contribution in [0.2, 0.25) is 0 Å². The standard InChI is InChI=1S/C20H20O6/c1-11(2)19(21)26-17-14(7-8-16(23-3)18(17)24-4)12-5-6-15-13(9-12)10-25-20(15)22/h5-9,11H,10H2,1-4H3. The van der Waals surface area contributed by atoms with Crippen LogP contribution in [0.15, 0.2) is 30.3 Å². The quantitative estimate of drug-likeness (QED) is 0.602. The summed E-state index contributed by atoms with van der Waals surface area (Å²) in [6, 6.07) is 8.90. The summed E-state index contributed by atoms with van der Waals surface area (Å²) in [6.45, 7) is 3.75. The largest absolute Gasteiger partial charge is 0.493 e. The van der Waals surface area contributed by atoms with Gasteiger partial charge in [-0.3, -0.25) is 4.79 Å². The van der Waals surface area contributed by atoms with Gasteiger partial charge in [-0.05, 0) is 29.8 Å². The smallest absolute Gasteiger partial charge is 0.338 e. The second-order valence-corrected chi connectivity index (χ2v) is 6.20. The third-order valence-electron chi connectivity index (χ3n) is 4.17. The number of methoxy groups -OCH3 is 2. The molecule has 136 valence electrons. The highest BCUT2D eigenvalue weighted by atomic mass is 16.6. The minimum Gasteiger partial charge on any atom is -0.493 e. The zero-order chi connectivity index (χ0) is 18.8. The van der Waals surface area contributed by atoms with Crippen molar-refractivity contribution in [1.29, 1.82) is 0 Å². The number of benzene rings is 2. The van der Waals surface area contributed by atoms with E-state index in [1.54, 1.807) is 38.1 Å². The average molecular weight is 356 g/mol. The second kappa shape index (κ2) is 7.07. The van der Waals surface area contributed by atoms with E-state index < -0.39 is 0 Å². The van der Waals surface area contributed by atoms with E-state index in [4.69, 9.17) is 18.9 Å². The first kappa shape index (κ1) is 17.8. The Hall–Kier alpha value is -3.02. The van der Waals surface area contributed by atoms with Crippen LogP contribution in [-0.4, -0.2) is 26.2 Å². The molecule has 0 aliphatic carbocycles. The monoisotopic (exact) mass is 356 g/mol. The molecule has 0 bridgehead atoms. The van der Waals surface area contributed by atoms with Gasteiger partial charge in [0.1, 0.15) is 6.61 Å². The number of fused-ring (bicyclic) bond motifs is 1. The van der Waals surface area contributed by atoms with Gasteiger partial charge in [-0.25, -0.2) is 4.79 Å². The van der Waals surface area contributed by atoms with Crippen LogP contribution in [0.1, 0.15) is 29.8 Å². The number of ether oxygens (including phenoxy) is 4. The van der Waals surface area contributed by atoms with E-state index in [-0.39, 0.29) is 30.2 Å². The molecule has 1 heterocycles. The Bertz CT molecular complexity index is 869. The number of cyclic esters (lactones) is 1. The fourth-order valence-electron chi connectivity index (χ4n) is 2.75. The number of carbonyl (C=O) groups excluding carboxylic acids is 2. The van der Waals surface area contributed by atoms with Crippen LogP contribution in [-0.2, 0) is 16.1 Å². The summed E-state index contributed by atoms with van der Waals surface area (Å²) >= 11 is 0. The Morgan fingerprint density at radius 2 is 1.77 bits per heavy atom. The van der Waals surface area contributed by atoms with E-state index in [2.05, 4.69) is 0 Å². The molecule has 0 saturated heterocycles. The van der Waals surface area contributed by atoms with Crippen molar-refractivity contribution in [3.8, 4) is 28.4 Å². The summed E-state index contributed by atoms with van der Waals surface area (Å²) in [5.41, 5.74) is 2.80. The molecule has 0 fully saturated rings. The van der Waals surface area contributed by atoms with Crippen molar-refractivity contribution < 1.29 is 28.5 Å². The maximum Gasteiger partial charge on any atom is 0.338 e. The summed E-state index contributed by atoms with van der Waals surface area (Å²) in [6.07, 6.45) is 0. The molecule has 0 aromatic heterocycles. The van der Waals surface area contributed by atoms with Crippen LogP contribution in [0.25, 0.3) is 11.1 Å². The van der Waals surface area contributed by atoms with Gasteiger partial charge in [0.25, 0.3) is 0 Å². The van der Waals surface area contributed by atoms with E-state index in [1.165, 1.54) is 14.2 Å². The van der Waals surface area contributed by atoms with E-state index in [1.807, 2.05) is 6.07 Å². The molecular formula is C20H20O6. The van der Waals surface area contributed by atoms with Crippen LogP contribution in [0.3, 0.4) is 0 Å². The molecule has 0 radical (unpaired) electrons. The summed E-state index contributed by atoms with van der Waals surface area (Å²) in [5.74, 6) is 0.0811. The molecule has 0 unspecified atom stereocenters. The van der Waals surface area contributed by atoms with Gasteiger partial charge in [-0.2, -0.15) is 0 Å². The Labute approximate surface area is 151 Å². The zero-order valence-corrected chi connectivity index (χ0v) is 15.1. The van der Waals surface area contributed by atoms with Gasteiger partial charge in [0.05, 0.1) is 25.7 Å². The molecule has 6 heteroatoms. The molecule has 2 aromatic rings. The molecule has 0 amide bonds. The first-order valence-corrected chi connectivity index (χ1v) is 8.23. The second-order valence-electron chi connectivity index (χ2n) is 6.20. The first-order chi connectivity index (χ1) is 12.5. The number of carbonyl (C=O) groups is 2. The van der Waals surface area contributed by atoms with Crippen LogP contribution in [0.5, 0.6) is 17.2 Å². The lowest BCUT2D eigenvalue weighted by Crippen LogP contribution is -2.16. The average Bonchev–Trinajstić information content (AvgIpc) is 3.01. The van der Waals surface area contributed by atoms with E-state index in [0.717, 1.165) is 11.1 Å². The van der Waals surface area contributed by atoms with Gasteiger partial charge in [-0.1, -0.05) is 19.9 Å². The molecule has 26 heavy (non-hydrogen) atoms. The van der Waals surface area contributed by atoms with Gasteiger partial charge in [0, 0.05) is 11.1 Å². The Morgan fingerprint density at radius 1 is 1.04 bits per heavy atom. The van der Waals surface area contributed by atoms with Gasteiger partial charge in [-0.15, -0.1) is 0 Å². The minimum absolute atomic E-state index is 0.233. The first-order valence-electron chi connectivity index (χ1n) is 8.23. The molecule has 6 nitrogen and oxygen atoms in total. The van der Waals surface area contributed by atoms with Gasteiger partial charge >= 0.3 is 11.9 Å². The topological polar surface area (TPSA) is 71.1 Å². The number of hydrogen-bond acceptors (Lipinski definition) is 6. The fourth-order valence-corrected chi connectivity index (χ4v) is 2.75. The van der Waals surface area contributed by atoms with E-state index in [0.29, 0.717) is 22.6 Å². The van der Waals surface area contributed by atoms with Crippen molar-refractivity contribution in [3.05, 3.63) is 41.5 Å². The van der Waals surface area contributed by atoms with Crippen LogP contribution >= 0.6 is 0 Å². The van der Waals surface area contributed by atoms with E-state index in [9.17, 15) is 9.59 Å². The maximum atomic E-state index is 12.2. The Kier molecular flexibility index (Phi) is 4.84. The highest BCUT2D eigenvalue weighted by Crippen LogP contribution is 2.45. The normalized spacial score (nSPS) is 12.6. The molecule has 0 saturated carbocycles. The van der Waals surface area contributed by atoms with Crippen molar-refractivity contribution in [2.24, 2.45) is 5.92 Å². The van der Waals surface area contributed by atoms with Gasteiger partial charge in [0.2, 0.25) is 5.75 Å². The molecule has 0 atom stereocenters. The Balaban J connectivity index is 2.14. The van der Waals surface area contributed by atoms with Crippen LogP contribution in [0.4, 0.5) is 0 Å². The summed E-state index contributed by atoms with van der Waals surface area (Å²) < 4.78 is 21.4. The van der Waals surface area contributed by atoms with Crippen molar-refractivity contribution in [1.82, 2.24) is 0 Å². The number of hydrogen-bond donors (Lipinski definition) is 0. The summed E-state index contributed by atoms with van der Waals surface area (Å²) in [4.78, 5) is 23.9. The predicted octanol–water partition coefficient (Wildman–Crippen LogP) is 3.60. The SMILES string of the molecule is COc1ccc(-c2ccc3c(c2)COC3=O)c(OC(=O)C(C)C)c1OC. The van der Waals surface area contributed by atoms with Crippen molar-refractivity contribution in [2.75, 3.05) is 14.2 Å². The van der Waals surface area contributed by atoms with Crippen LogP contribution in [0, 0.1) is 5.92 Å². The molecule has 0 spiro atoms. The molecule has 0 N–H and O–H groups in total. The molecular weight excluding hydrogens is 336 g/mol. The van der Waals surface area contributed by atoms with Gasteiger partial charge < -0.3 is 18.9 Å². The third kappa shape index (κ3) is 3.10. The zero-order valence-electron chi connectivity index (χ0n) is 15.1. The molecule has 2 aromatic carbocycles. The van der Waals surface area contributed by atoms with Crippen molar-refractivity contribution in [3.63, 3.8) is 0 Å². The molecule has 3 rings (SSSR count). The lowest BCUT2D eigenvalue weighted by molar-refractivity contribution is -0.137. The summed E-state index contributed by atoms with van der Waals surface area (Å²) in [5, 5.41) is 0. The van der Waals surface area contributed by atoms with E-state index >= 15 is 0 Å². The number of esters is 2. The van der Waals surface area contributed by atoms with Gasteiger partial charge in [0.15, 0.2) is 11.5 Å². The third-order valence-corrected chi connectivity index (χ3v) is 4.17. The molecule has 1 aliphatic heterocycles. The number of rotatable bonds is 5. The van der Waals surface area contributed by atoms with Crippen molar-refractivity contribution in [2.45, 2.75) is 20.5 Å². The maximum absolute atomic E-state index is 12.2. The van der Waals surface area contributed by atoms with Crippen LogP contribution < -0.4 is 14.2 Å². The lowest BCUT2D eigenvalue weighted by Gasteiger charge is -2.18. The molecule has 1 aliphatic rings. The summed E-state index contributed by atoms with van der Waals surface area (Å²) in [7, 11) is 3.01. The lowest BCUT2D eigenvalue weighted by atomic mass is 9.99.